The van der Waals surface area contributed by atoms with E-state index in [0.717, 1.165) is 0 Å². The van der Waals surface area contributed by atoms with Gasteiger partial charge in [-0.25, -0.2) is 4.99 Å². The van der Waals surface area contributed by atoms with Crippen molar-refractivity contribution in [3.05, 3.63) is 11.1 Å². The summed E-state index contributed by atoms with van der Waals surface area (Å²) in [6, 6.07) is 0. The Morgan fingerprint density at radius 3 is 1.57 bits per heavy atom. The molecule has 7 heteroatoms. The van der Waals surface area contributed by atoms with Gasteiger partial charge in [0.05, 0.1) is 37.6 Å². The van der Waals surface area contributed by atoms with Gasteiger partial charge in [-0.15, -0.1) is 0 Å². The lowest BCUT2D eigenvalue weighted by Gasteiger charge is -2.22. The molecule has 23 heavy (non-hydrogen) atoms. The van der Waals surface area contributed by atoms with E-state index >= 15 is 0 Å². The van der Waals surface area contributed by atoms with Gasteiger partial charge in [0, 0.05) is 0 Å². The molecular formula is C16H23N3O4. The Morgan fingerprint density at radius 2 is 1.13 bits per heavy atom. The van der Waals surface area contributed by atoms with Gasteiger partial charge in [0.1, 0.15) is 5.84 Å². The zero-order valence-electron chi connectivity index (χ0n) is 14.0. The number of ether oxygens (including phenoxy) is 4. The van der Waals surface area contributed by atoms with Crippen LogP contribution in [0.1, 0.15) is 38.8 Å². The lowest BCUT2D eigenvalue weighted by atomic mass is 10.0. The van der Waals surface area contributed by atoms with E-state index in [-0.39, 0.29) is 11.7 Å². The summed E-state index contributed by atoms with van der Waals surface area (Å²) in [5.74, 6) is 1.98. The second-order valence-electron chi connectivity index (χ2n) is 4.64. The molecule has 126 valence electrons. The summed E-state index contributed by atoms with van der Waals surface area (Å²) in [5.41, 5.74) is 7.02. The summed E-state index contributed by atoms with van der Waals surface area (Å²) in [7, 11) is 0. The van der Waals surface area contributed by atoms with Crippen LogP contribution >= 0.6 is 0 Å². The van der Waals surface area contributed by atoms with Crippen LogP contribution in [-0.4, -0.2) is 38.1 Å². The highest BCUT2D eigenvalue weighted by molar-refractivity contribution is 6.24. The van der Waals surface area contributed by atoms with E-state index in [4.69, 9.17) is 30.1 Å². The van der Waals surface area contributed by atoms with E-state index in [1.54, 1.807) is 0 Å². The van der Waals surface area contributed by atoms with Gasteiger partial charge in [0.2, 0.25) is 11.5 Å². The Bertz CT molecular complexity index is 641. The number of hydrogen-bond acceptors (Lipinski definition) is 6. The molecule has 1 aromatic rings. The van der Waals surface area contributed by atoms with Gasteiger partial charge < -0.3 is 24.7 Å². The fourth-order valence-corrected chi connectivity index (χ4v) is 2.48. The number of hydrogen-bond donors (Lipinski definition) is 2. The molecular weight excluding hydrogens is 298 g/mol. The van der Waals surface area contributed by atoms with Crippen molar-refractivity contribution in [2.24, 2.45) is 10.7 Å². The molecule has 0 radical (unpaired) electrons. The lowest BCUT2D eigenvalue weighted by Crippen LogP contribution is -2.16. The number of amidine groups is 2. The molecule has 0 aliphatic carbocycles. The Labute approximate surface area is 135 Å². The highest BCUT2D eigenvalue weighted by Crippen LogP contribution is 2.51. The molecule has 0 spiro atoms. The van der Waals surface area contributed by atoms with E-state index in [9.17, 15) is 0 Å². The van der Waals surface area contributed by atoms with Gasteiger partial charge in [0.25, 0.3) is 0 Å². The number of nitrogens with one attached hydrogen (secondary N) is 1. The number of nitrogens with two attached hydrogens (primary N) is 1. The SMILES string of the molecule is CCOc1c(OCC)c(OCC)c2c(c1OCC)C(=N)N=C2N. The first-order valence-corrected chi connectivity index (χ1v) is 7.79. The predicted octanol–water partition coefficient (Wildman–Crippen LogP) is 2.33. The smallest absolute Gasteiger partial charge is 0.208 e. The topological polar surface area (TPSA) is 99.1 Å². The number of benzene rings is 1. The second kappa shape index (κ2) is 7.21. The third-order valence-electron chi connectivity index (χ3n) is 3.20. The van der Waals surface area contributed by atoms with Crippen LogP contribution in [0.15, 0.2) is 4.99 Å². The molecule has 1 aliphatic rings. The first-order chi connectivity index (χ1) is 11.1. The molecule has 7 nitrogen and oxygen atoms in total. The first kappa shape index (κ1) is 16.9. The van der Waals surface area contributed by atoms with Crippen LogP contribution in [0.4, 0.5) is 0 Å². The van der Waals surface area contributed by atoms with Gasteiger partial charge in [-0.05, 0) is 27.7 Å². The maximum Gasteiger partial charge on any atom is 0.208 e. The number of aliphatic imine (C=N–C) groups is 1. The lowest BCUT2D eigenvalue weighted by molar-refractivity contribution is 0.244. The van der Waals surface area contributed by atoms with Gasteiger partial charge in [-0.3, -0.25) is 5.41 Å². The van der Waals surface area contributed by atoms with E-state index in [1.807, 2.05) is 27.7 Å². The van der Waals surface area contributed by atoms with E-state index in [2.05, 4.69) is 4.99 Å². The van der Waals surface area contributed by atoms with Crippen LogP contribution < -0.4 is 24.7 Å². The van der Waals surface area contributed by atoms with Crippen LogP contribution in [0.2, 0.25) is 0 Å². The normalized spacial score (nSPS) is 12.7. The number of nitrogens with zero attached hydrogens (tertiary/aromatic N) is 1. The molecule has 1 heterocycles. The highest BCUT2D eigenvalue weighted by Gasteiger charge is 2.35. The maximum absolute atomic E-state index is 8.11. The summed E-state index contributed by atoms with van der Waals surface area (Å²) < 4.78 is 23.0. The molecule has 3 N–H and O–H groups in total. The largest absolute Gasteiger partial charge is 0.489 e. The van der Waals surface area contributed by atoms with E-state index in [0.29, 0.717) is 60.6 Å². The van der Waals surface area contributed by atoms with Gasteiger partial charge in [0.15, 0.2) is 17.3 Å². The van der Waals surface area contributed by atoms with Crippen molar-refractivity contribution in [1.29, 1.82) is 5.41 Å². The van der Waals surface area contributed by atoms with Crippen molar-refractivity contribution < 1.29 is 18.9 Å². The Hall–Kier alpha value is -2.44. The predicted molar refractivity (Wildman–Crippen MR) is 88.7 cm³/mol. The quantitative estimate of drug-likeness (QED) is 0.765. The third-order valence-corrected chi connectivity index (χ3v) is 3.20. The van der Waals surface area contributed by atoms with Crippen LogP contribution in [0, 0.1) is 5.41 Å². The molecule has 0 unspecified atom stereocenters. The van der Waals surface area contributed by atoms with Crippen LogP contribution in [0.3, 0.4) is 0 Å². The van der Waals surface area contributed by atoms with Crippen molar-refractivity contribution in [3.8, 4) is 23.0 Å². The Balaban J connectivity index is 2.82. The van der Waals surface area contributed by atoms with Gasteiger partial charge in [-0.1, -0.05) is 0 Å². The number of fused-ring (bicyclic) bond motifs is 1. The minimum atomic E-state index is 0.0332. The molecule has 0 aromatic heterocycles. The molecule has 0 saturated heterocycles. The molecule has 0 atom stereocenters. The molecule has 0 bridgehead atoms. The molecule has 2 rings (SSSR count). The summed E-state index contributed by atoms with van der Waals surface area (Å²) in [6.07, 6.45) is 0. The molecule has 0 amide bonds. The summed E-state index contributed by atoms with van der Waals surface area (Å²) >= 11 is 0. The summed E-state index contributed by atoms with van der Waals surface area (Å²) in [5, 5.41) is 8.11. The molecule has 0 fully saturated rings. The van der Waals surface area contributed by atoms with Crippen molar-refractivity contribution in [3.63, 3.8) is 0 Å². The average Bonchev–Trinajstić information content (AvgIpc) is 2.81. The van der Waals surface area contributed by atoms with Crippen LogP contribution in [-0.2, 0) is 0 Å². The molecule has 1 aromatic carbocycles. The van der Waals surface area contributed by atoms with E-state index < -0.39 is 0 Å². The zero-order valence-corrected chi connectivity index (χ0v) is 14.0. The summed E-state index contributed by atoms with van der Waals surface area (Å²) in [4.78, 5) is 4.05. The summed E-state index contributed by atoms with van der Waals surface area (Å²) in [6.45, 7) is 9.17. The second-order valence-corrected chi connectivity index (χ2v) is 4.64. The first-order valence-electron chi connectivity index (χ1n) is 7.79. The van der Waals surface area contributed by atoms with Crippen LogP contribution in [0.25, 0.3) is 0 Å². The van der Waals surface area contributed by atoms with E-state index in [1.165, 1.54) is 0 Å². The Kier molecular flexibility index (Phi) is 5.31. The highest BCUT2D eigenvalue weighted by atomic mass is 16.6. The fraction of sp³-hybridized carbons (Fsp3) is 0.500. The molecule has 0 saturated carbocycles. The number of rotatable bonds is 8. The van der Waals surface area contributed by atoms with Crippen molar-refractivity contribution >= 4 is 11.7 Å². The zero-order chi connectivity index (χ0) is 17.0. The minimum Gasteiger partial charge on any atom is -0.489 e. The molecule has 1 aliphatic heterocycles. The third kappa shape index (κ3) is 2.91. The average molecular weight is 321 g/mol. The standard InChI is InChI=1S/C16H23N3O4/c1-5-20-11-9-10(16(18)19-15(9)17)12(21-6-2)14(23-8-4)13(11)22-7-3/h5-8H2,1-4H3,(H3,17,18,19). The monoisotopic (exact) mass is 321 g/mol. The van der Waals surface area contributed by atoms with Crippen molar-refractivity contribution in [2.75, 3.05) is 26.4 Å². The van der Waals surface area contributed by atoms with Crippen LogP contribution in [0.5, 0.6) is 23.0 Å². The maximum atomic E-state index is 8.11. The van der Waals surface area contributed by atoms with Gasteiger partial charge in [-0.2, -0.15) is 0 Å². The minimum absolute atomic E-state index is 0.0332. The Morgan fingerprint density at radius 1 is 0.739 bits per heavy atom. The van der Waals surface area contributed by atoms with Gasteiger partial charge >= 0.3 is 0 Å². The fourth-order valence-electron chi connectivity index (χ4n) is 2.48. The van der Waals surface area contributed by atoms with Crippen molar-refractivity contribution in [1.82, 2.24) is 0 Å². The van der Waals surface area contributed by atoms with Crippen molar-refractivity contribution in [2.45, 2.75) is 27.7 Å².